The largest absolute Gasteiger partial charge is 0.508 e. The number of carboxylic acid groups (broad SMARTS) is 1. The zero-order valence-electron chi connectivity index (χ0n) is 54.3. The monoisotopic (exact) mass is 1300 g/mol. The van der Waals surface area contributed by atoms with Crippen molar-refractivity contribution in [1.29, 1.82) is 0 Å². The van der Waals surface area contributed by atoms with Crippen molar-refractivity contribution in [2.75, 3.05) is 95.2 Å². The van der Waals surface area contributed by atoms with Gasteiger partial charge in [-0.1, -0.05) is 38.3 Å². The molecule has 1 saturated carbocycles. The summed E-state index contributed by atoms with van der Waals surface area (Å²) in [4.78, 5) is 119. The van der Waals surface area contributed by atoms with E-state index in [1.807, 2.05) is 86.5 Å². The van der Waals surface area contributed by atoms with Gasteiger partial charge in [-0.3, -0.25) is 28.8 Å². The van der Waals surface area contributed by atoms with Crippen molar-refractivity contribution >= 4 is 69.5 Å². The molecule has 496 valence electrons. The van der Waals surface area contributed by atoms with E-state index in [9.17, 15) is 48.6 Å². The number of nitrogens with zero attached hydrogens (tertiary/aromatic N) is 4. The topological polar surface area (TPSA) is 282 Å². The number of piperazine rings is 1. The van der Waals surface area contributed by atoms with E-state index in [4.69, 9.17) is 13.9 Å². The maximum atomic E-state index is 14.8. The fourth-order valence-electron chi connectivity index (χ4n) is 13.6. The number of benzene rings is 7. The number of hydrogen-bond donors (Lipinski definition) is 7. The van der Waals surface area contributed by atoms with Crippen molar-refractivity contribution in [1.82, 2.24) is 31.5 Å². The van der Waals surface area contributed by atoms with E-state index in [1.165, 1.54) is 54.6 Å². The summed E-state index contributed by atoms with van der Waals surface area (Å²) >= 11 is 0. The summed E-state index contributed by atoms with van der Waals surface area (Å²) < 4.78 is 18.9. The predicted octanol–water partition coefficient (Wildman–Crippen LogP) is 8.87. The van der Waals surface area contributed by atoms with Crippen LogP contribution in [0.1, 0.15) is 127 Å². The van der Waals surface area contributed by atoms with Crippen LogP contribution in [-0.4, -0.2) is 149 Å². The number of aromatic hydroxyl groups is 1. The number of phenolic OH excluding ortho intramolecular Hbond substituents is 1. The Morgan fingerprint density at radius 1 is 0.615 bits per heavy atom. The third-order valence-corrected chi connectivity index (χ3v) is 18.9. The number of esters is 1. The molecule has 7 N–H and O–H groups in total. The molecular weight excluding hydrogens is 1220 g/mol. The van der Waals surface area contributed by atoms with Gasteiger partial charge in [-0.2, -0.15) is 0 Å². The normalized spacial score (nSPS) is 15.5. The van der Waals surface area contributed by atoms with E-state index in [-0.39, 0.29) is 76.4 Å². The summed E-state index contributed by atoms with van der Waals surface area (Å²) in [7, 11) is 7.71. The first-order valence-electron chi connectivity index (χ1n) is 32.6. The van der Waals surface area contributed by atoms with Crippen molar-refractivity contribution in [3.05, 3.63) is 188 Å². The summed E-state index contributed by atoms with van der Waals surface area (Å²) in [6, 6.07) is 35.4. The summed E-state index contributed by atoms with van der Waals surface area (Å²) in [5, 5.41) is 35.9. The van der Waals surface area contributed by atoms with Gasteiger partial charge in [0.05, 0.1) is 11.1 Å². The lowest BCUT2D eigenvalue weighted by atomic mass is 9.77. The molecule has 1 saturated heterocycles. The van der Waals surface area contributed by atoms with Crippen molar-refractivity contribution in [2.45, 2.75) is 75.5 Å². The van der Waals surface area contributed by atoms with Crippen LogP contribution in [-0.2, 0) is 19.9 Å². The van der Waals surface area contributed by atoms with Gasteiger partial charge >= 0.3 is 11.9 Å². The third-order valence-electron chi connectivity index (χ3n) is 18.9. The second-order valence-corrected chi connectivity index (χ2v) is 25.4. The molecule has 0 unspecified atom stereocenters. The Kier molecular flexibility index (Phi) is 18.6. The number of fused-ring (bicyclic) bond motifs is 8. The number of phenols is 1. The molecule has 0 bridgehead atoms. The maximum absolute atomic E-state index is 14.8. The number of hydrogen-bond acceptors (Lipinski definition) is 16. The zero-order chi connectivity index (χ0) is 67.6. The van der Waals surface area contributed by atoms with E-state index < -0.39 is 58.7 Å². The van der Waals surface area contributed by atoms with Crippen molar-refractivity contribution in [3.8, 4) is 39.7 Å². The second-order valence-electron chi connectivity index (χ2n) is 25.4. The van der Waals surface area contributed by atoms with Gasteiger partial charge in [0, 0.05) is 165 Å². The average Bonchev–Trinajstić information content (AvgIpc) is 1.46. The minimum Gasteiger partial charge on any atom is -0.508 e. The van der Waals surface area contributed by atoms with Gasteiger partial charge < -0.3 is 70.3 Å². The quantitative estimate of drug-likeness (QED) is 0.0201. The van der Waals surface area contributed by atoms with Crippen LogP contribution < -0.4 is 51.4 Å². The van der Waals surface area contributed by atoms with E-state index >= 15 is 0 Å². The molecule has 12 rings (SSSR count). The minimum atomic E-state index is -1.36. The molecule has 4 aliphatic heterocycles. The van der Waals surface area contributed by atoms with Gasteiger partial charge in [-0.25, -0.2) is 9.59 Å². The van der Waals surface area contributed by atoms with E-state index in [0.717, 1.165) is 56.2 Å². The van der Waals surface area contributed by atoms with E-state index in [1.54, 1.807) is 30.3 Å². The summed E-state index contributed by atoms with van der Waals surface area (Å²) in [5.74, 6) is -3.39. The molecule has 6 aromatic carbocycles. The number of carboxylic acids is 1. The Balaban J connectivity index is 0.732. The Bertz CT molecular complexity index is 4340. The molecule has 22 heteroatoms. The molecule has 1 spiro atoms. The van der Waals surface area contributed by atoms with Crippen LogP contribution in [0.3, 0.4) is 0 Å². The van der Waals surface area contributed by atoms with Gasteiger partial charge in [-0.05, 0) is 141 Å². The van der Waals surface area contributed by atoms with Crippen LogP contribution >= 0.6 is 0 Å². The molecule has 6 aromatic rings. The Labute approximate surface area is 554 Å². The summed E-state index contributed by atoms with van der Waals surface area (Å²) in [6.45, 7) is 6.73. The van der Waals surface area contributed by atoms with Crippen LogP contribution in [0.5, 0.6) is 17.2 Å². The van der Waals surface area contributed by atoms with E-state index in [2.05, 4.69) is 43.3 Å². The van der Waals surface area contributed by atoms with Crippen LogP contribution in [0.4, 0.5) is 17.1 Å². The minimum absolute atomic E-state index is 0.00633. The van der Waals surface area contributed by atoms with Crippen molar-refractivity contribution in [2.24, 2.45) is 0 Å². The first-order chi connectivity index (χ1) is 46.2. The van der Waals surface area contributed by atoms with Gasteiger partial charge in [0.2, 0.25) is 11.8 Å². The third kappa shape index (κ3) is 13.0. The molecule has 4 heterocycles. The highest BCUT2D eigenvalue weighted by molar-refractivity contribution is 6.09. The molecule has 6 aliphatic rings. The lowest BCUT2D eigenvalue weighted by molar-refractivity contribution is -0.133. The number of unbranched alkanes of at least 4 members (excludes halogenated alkanes) is 1. The van der Waals surface area contributed by atoms with Gasteiger partial charge in [-0.15, -0.1) is 0 Å². The van der Waals surface area contributed by atoms with Gasteiger partial charge in [0.1, 0.15) is 40.2 Å². The molecule has 5 amide bonds. The number of nitrogens with one attached hydrogen (secondary N) is 5. The van der Waals surface area contributed by atoms with Crippen molar-refractivity contribution in [3.63, 3.8) is 0 Å². The molecule has 2 fully saturated rings. The summed E-state index contributed by atoms with van der Waals surface area (Å²) in [6.07, 6.45) is 3.68. The second kappa shape index (κ2) is 27.3. The number of rotatable bonds is 21. The number of aromatic carboxylic acids is 1. The standard InChI is InChI=1S/C74H77N9O13/c1-6-82-34-36-83(37-35-82)47-17-13-44(14-18-47)68(88)79-73(29-9-7-10-30-73)72(93)78-60(69(89)77-33-32-76-67(87)45-15-23-52(55(38-45)70(90)91)65-53-24-21-50(84)42-61(53)94-62-43-51(85)22-25-54(62)65)12-8-11-31-75-66(86)46-16-26-57-56(39-46)71(92)96-74(57)58-27-19-48(80(2)3)40-63(58)95-64-41-49(81(4)5)20-28-59(64)74/h13-28,38-43,60,84H,6-12,29-37H2,1-5H3,(H,75,86)(H,76,87)(H,77,89)(H,78,93)(H,79,88)(H,90,91)/t60-/m0/s1. The number of likely N-dealkylation sites (N-methyl/N-ethyl adjacent to an activating group) is 1. The lowest BCUT2D eigenvalue weighted by Gasteiger charge is -2.38. The van der Waals surface area contributed by atoms with E-state index in [0.29, 0.717) is 88.8 Å². The number of anilines is 3. The molecule has 22 nitrogen and oxygen atoms in total. The Morgan fingerprint density at radius 2 is 1.24 bits per heavy atom. The molecular formula is C74H77N9O13. The molecule has 0 aromatic heterocycles. The van der Waals surface area contributed by atoms with Crippen molar-refractivity contribution < 1.29 is 57.7 Å². The number of amides is 5. The fourth-order valence-corrected chi connectivity index (χ4v) is 13.6. The van der Waals surface area contributed by atoms with Crippen LogP contribution in [0.15, 0.2) is 143 Å². The predicted molar refractivity (Wildman–Crippen MR) is 364 cm³/mol. The lowest BCUT2D eigenvalue weighted by Crippen LogP contribution is -2.62. The first-order valence-corrected chi connectivity index (χ1v) is 32.6. The smallest absolute Gasteiger partial charge is 0.340 e. The van der Waals surface area contributed by atoms with Gasteiger partial charge in [0.25, 0.3) is 17.7 Å². The van der Waals surface area contributed by atoms with Crippen LogP contribution in [0.2, 0.25) is 0 Å². The zero-order valence-corrected chi connectivity index (χ0v) is 54.3. The molecule has 2 aliphatic carbocycles. The number of carbonyl (C=O) groups excluding carboxylic acids is 6. The first kappa shape index (κ1) is 65.3. The average molecular weight is 1300 g/mol. The van der Waals surface area contributed by atoms with Gasteiger partial charge in [0.15, 0.2) is 11.0 Å². The summed E-state index contributed by atoms with van der Waals surface area (Å²) in [5.41, 5.74) is 3.50. The maximum Gasteiger partial charge on any atom is 0.340 e. The highest BCUT2D eigenvalue weighted by atomic mass is 16.6. The number of ether oxygens (including phenoxy) is 2. The number of carbonyl (C=O) groups is 7. The SMILES string of the molecule is CCN1CCN(c2ccc(C(=O)NC3(C(=O)N[C@@H](CCCCNC(=O)c4ccc5c(c4)C(=O)OC54c5ccc(N(C)C)cc5Oc5cc(N(C)C)ccc54)C(=O)NCCNC(=O)c4ccc(-c5c6ccc(=O)cc-6oc6cc(O)ccc56)c(C(=O)O)c4)CCCCC3)cc2)CC1. The van der Waals surface area contributed by atoms with Crippen LogP contribution in [0.25, 0.3) is 33.4 Å². The fraction of sp³-hybridized carbons (Fsp3) is 0.324. The Hall–Kier alpha value is -10.7. The Morgan fingerprint density at radius 3 is 1.91 bits per heavy atom. The molecule has 1 atom stereocenters. The molecule has 0 radical (unpaired) electrons. The highest BCUT2D eigenvalue weighted by Gasteiger charge is 2.54. The molecule has 96 heavy (non-hydrogen) atoms. The highest BCUT2D eigenvalue weighted by Crippen LogP contribution is 2.57. The van der Waals surface area contributed by atoms with Crippen LogP contribution in [0, 0.1) is 0 Å².